The van der Waals surface area contributed by atoms with E-state index in [1.165, 1.54) is 0 Å². The highest BCUT2D eigenvalue weighted by atomic mass is 16.5. The van der Waals surface area contributed by atoms with Crippen molar-refractivity contribution < 1.29 is 9.53 Å². The van der Waals surface area contributed by atoms with Gasteiger partial charge < -0.3 is 4.74 Å². The average Bonchev–Trinajstić information content (AvgIpc) is 2.19. The molecule has 0 radical (unpaired) electrons. The summed E-state index contributed by atoms with van der Waals surface area (Å²) in [5, 5.41) is 0. The lowest BCUT2D eigenvalue weighted by atomic mass is 9.86. The maximum absolute atomic E-state index is 11.6. The van der Waals surface area contributed by atoms with Gasteiger partial charge in [0.05, 0.1) is 6.26 Å². The summed E-state index contributed by atoms with van der Waals surface area (Å²) in [5.74, 6) is 0.458. The second-order valence-electron chi connectivity index (χ2n) is 3.69. The second-order valence-corrected chi connectivity index (χ2v) is 3.69. The Hall–Kier alpha value is -1.31. The van der Waals surface area contributed by atoms with Crippen LogP contribution in [0.4, 0.5) is 0 Å². The van der Waals surface area contributed by atoms with Crippen molar-refractivity contribution in [2.24, 2.45) is 5.92 Å². The van der Waals surface area contributed by atoms with Gasteiger partial charge in [-0.3, -0.25) is 4.79 Å². The van der Waals surface area contributed by atoms with E-state index < -0.39 is 0 Å². The minimum Gasteiger partial charge on any atom is -0.497 e. The van der Waals surface area contributed by atoms with E-state index in [9.17, 15) is 4.79 Å². The molecule has 1 unspecified atom stereocenters. The number of hydrogen-bond acceptors (Lipinski definition) is 2. The van der Waals surface area contributed by atoms with Crippen molar-refractivity contribution in [3.8, 4) is 0 Å². The third-order valence-electron chi connectivity index (χ3n) is 2.59. The summed E-state index contributed by atoms with van der Waals surface area (Å²) in [6.07, 6.45) is 9.43. The Morgan fingerprint density at radius 1 is 1.57 bits per heavy atom. The molecule has 2 nitrogen and oxygen atoms in total. The molecule has 1 aliphatic carbocycles. The van der Waals surface area contributed by atoms with Crippen LogP contribution in [0.2, 0.25) is 0 Å². The van der Waals surface area contributed by atoms with Gasteiger partial charge >= 0.3 is 0 Å². The summed E-state index contributed by atoms with van der Waals surface area (Å²) in [6, 6.07) is 0. The van der Waals surface area contributed by atoms with Gasteiger partial charge in [0.15, 0.2) is 5.78 Å². The van der Waals surface area contributed by atoms with Crippen molar-refractivity contribution in [1.29, 1.82) is 0 Å². The number of allylic oxidation sites excluding steroid dienone is 4. The fourth-order valence-electron chi connectivity index (χ4n) is 1.84. The number of rotatable bonds is 2. The van der Waals surface area contributed by atoms with Gasteiger partial charge in [-0.25, -0.2) is 0 Å². The minimum atomic E-state index is 0.164. The van der Waals surface area contributed by atoms with Gasteiger partial charge in [-0.2, -0.15) is 0 Å². The third-order valence-corrected chi connectivity index (χ3v) is 2.59. The molecule has 74 valence electrons. The first kappa shape index (κ1) is 9.25. The van der Waals surface area contributed by atoms with Gasteiger partial charge in [0.1, 0.15) is 6.61 Å². The quantitative estimate of drug-likeness (QED) is 0.668. The Balaban J connectivity index is 2.24. The predicted octanol–water partition coefficient (Wildman–Crippen LogP) is 2.38. The zero-order chi connectivity index (χ0) is 9.97. The van der Waals surface area contributed by atoms with Gasteiger partial charge in [-0.05, 0) is 29.7 Å². The second kappa shape index (κ2) is 3.82. The molecule has 0 amide bonds. The third kappa shape index (κ3) is 1.65. The van der Waals surface area contributed by atoms with Crippen LogP contribution in [-0.4, -0.2) is 12.4 Å². The number of hydrogen-bond donors (Lipinski definition) is 0. The zero-order valence-electron chi connectivity index (χ0n) is 8.32. The van der Waals surface area contributed by atoms with Crippen LogP contribution in [0.1, 0.15) is 19.8 Å². The Labute approximate surface area is 83.9 Å². The molecule has 1 aliphatic heterocycles. The van der Waals surface area contributed by atoms with E-state index in [1.807, 2.05) is 6.08 Å². The lowest BCUT2D eigenvalue weighted by Crippen LogP contribution is -2.17. The molecule has 0 aromatic rings. The zero-order valence-corrected chi connectivity index (χ0v) is 8.32. The van der Waals surface area contributed by atoms with Crippen LogP contribution >= 0.6 is 0 Å². The van der Waals surface area contributed by atoms with Crippen molar-refractivity contribution in [3.05, 3.63) is 35.6 Å². The van der Waals surface area contributed by atoms with Gasteiger partial charge in [0.25, 0.3) is 0 Å². The van der Waals surface area contributed by atoms with Crippen molar-refractivity contribution in [1.82, 2.24) is 0 Å². The maximum Gasteiger partial charge on any atom is 0.181 e. The number of ketones is 1. The summed E-state index contributed by atoms with van der Waals surface area (Å²) in [7, 11) is 0. The van der Waals surface area contributed by atoms with Gasteiger partial charge in [0.2, 0.25) is 0 Å². The van der Waals surface area contributed by atoms with Crippen molar-refractivity contribution in [2.75, 3.05) is 6.61 Å². The summed E-state index contributed by atoms with van der Waals surface area (Å²) < 4.78 is 5.15. The van der Waals surface area contributed by atoms with Crippen LogP contribution in [0.25, 0.3) is 0 Å². The van der Waals surface area contributed by atoms with Crippen LogP contribution in [-0.2, 0) is 9.53 Å². The standard InChI is InChI=1S/C12H14O2/c1-2-3-10-6-9-4-5-14-8-11(9)7-12(10)13/h4-7,9H,2-3,8H2,1H3. The summed E-state index contributed by atoms with van der Waals surface area (Å²) in [5.41, 5.74) is 2.03. The topological polar surface area (TPSA) is 26.3 Å². The van der Waals surface area contributed by atoms with E-state index in [0.717, 1.165) is 24.0 Å². The normalized spacial score (nSPS) is 24.9. The van der Waals surface area contributed by atoms with Crippen molar-refractivity contribution >= 4 is 5.78 Å². The Morgan fingerprint density at radius 3 is 3.21 bits per heavy atom. The number of fused-ring (bicyclic) bond motifs is 1. The molecule has 0 saturated carbocycles. The fraction of sp³-hybridized carbons (Fsp3) is 0.417. The smallest absolute Gasteiger partial charge is 0.181 e. The SMILES string of the molecule is CCCC1=CC2C=COCC2=CC1=O. The molecule has 2 rings (SSSR count). The van der Waals surface area contributed by atoms with E-state index in [4.69, 9.17) is 4.74 Å². The van der Waals surface area contributed by atoms with E-state index in [0.29, 0.717) is 12.5 Å². The molecule has 0 aromatic heterocycles. The minimum absolute atomic E-state index is 0.164. The molecule has 0 spiro atoms. The van der Waals surface area contributed by atoms with Gasteiger partial charge in [-0.1, -0.05) is 19.4 Å². The number of carbonyl (C=O) groups is 1. The van der Waals surface area contributed by atoms with Gasteiger partial charge in [-0.15, -0.1) is 0 Å². The Kier molecular flexibility index (Phi) is 2.53. The lowest BCUT2D eigenvalue weighted by molar-refractivity contribution is -0.111. The molecule has 1 atom stereocenters. The molecule has 0 fully saturated rings. The Bertz CT molecular complexity index is 334. The summed E-state index contributed by atoms with van der Waals surface area (Å²) in [6.45, 7) is 2.65. The van der Waals surface area contributed by atoms with Gasteiger partial charge in [0, 0.05) is 5.92 Å². The lowest BCUT2D eigenvalue weighted by Gasteiger charge is -2.22. The van der Waals surface area contributed by atoms with Crippen LogP contribution in [0.15, 0.2) is 35.6 Å². The molecule has 0 aromatic carbocycles. The predicted molar refractivity (Wildman–Crippen MR) is 54.7 cm³/mol. The number of carbonyl (C=O) groups excluding carboxylic acids is 1. The van der Waals surface area contributed by atoms with Crippen LogP contribution in [0.5, 0.6) is 0 Å². The average molecular weight is 190 g/mol. The highest BCUT2D eigenvalue weighted by Crippen LogP contribution is 2.27. The van der Waals surface area contributed by atoms with E-state index in [2.05, 4.69) is 13.0 Å². The molecule has 0 saturated heterocycles. The first-order valence-electron chi connectivity index (χ1n) is 5.05. The maximum atomic E-state index is 11.6. The highest BCUT2D eigenvalue weighted by Gasteiger charge is 2.21. The largest absolute Gasteiger partial charge is 0.497 e. The highest BCUT2D eigenvalue weighted by molar-refractivity contribution is 6.05. The molecule has 0 N–H and O–H groups in total. The van der Waals surface area contributed by atoms with E-state index >= 15 is 0 Å². The first-order chi connectivity index (χ1) is 6.81. The molecular formula is C12H14O2. The molecule has 2 heteroatoms. The molecule has 0 bridgehead atoms. The molecule has 14 heavy (non-hydrogen) atoms. The van der Waals surface area contributed by atoms with E-state index in [-0.39, 0.29) is 5.78 Å². The molecule has 2 aliphatic rings. The van der Waals surface area contributed by atoms with Crippen LogP contribution in [0.3, 0.4) is 0 Å². The van der Waals surface area contributed by atoms with Crippen molar-refractivity contribution in [3.63, 3.8) is 0 Å². The van der Waals surface area contributed by atoms with Crippen molar-refractivity contribution in [2.45, 2.75) is 19.8 Å². The van der Waals surface area contributed by atoms with E-state index in [1.54, 1.807) is 12.3 Å². The monoisotopic (exact) mass is 190 g/mol. The first-order valence-corrected chi connectivity index (χ1v) is 5.05. The summed E-state index contributed by atoms with van der Waals surface area (Å²) >= 11 is 0. The molecular weight excluding hydrogens is 176 g/mol. The van der Waals surface area contributed by atoms with Crippen LogP contribution < -0.4 is 0 Å². The summed E-state index contributed by atoms with van der Waals surface area (Å²) in [4.78, 5) is 11.6. The Morgan fingerprint density at radius 2 is 2.43 bits per heavy atom. The number of ether oxygens (including phenoxy) is 1. The van der Waals surface area contributed by atoms with Crippen LogP contribution in [0, 0.1) is 5.92 Å². The molecule has 1 heterocycles. The fourth-order valence-corrected chi connectivity index (χ4v) is 1.84.